The maximum absolute atomic E-state index is 15.2. The topological polar surface area (TPSA) is 53.6 Å². The van der Waals surface area contributed by atoms with Gasteiger partial charge in [0.1, 0.15) is 18.0 Å². The number of benzene rings is 3. The van der Waals surface area contributed by atoms with Gasteiger partial charge in [0.05, 0.1) is 0 Å². The minimum Gasteiger partial charge on any atom is -0.309 e. The second kappa shape index (κ2) is 7.80. The molecule has 0 amide bonds. The highest BCUT2D eigenvalue weighted by Crippen LogP contribution is 2.29. The van der Waals surface area contributed by atoms with E-state index in [-0.39, 0.29) is 18.2 Å². The number of fused-ring (bicyclic) bond motifs is 1. The lowest BCUT2D eigenvalue weighted by Crippen LogP contribution is -2.29. The molecule has 5 rings (SSSR count). The SMILES string of the molecule is Fc1ccc(-c2ccc(-c3ncn[nH]3)cc2)c(F)c1CNC1Cc2ccccc2C1. The predicted octanol–water partition coefficient (Wildman–Crippen LogP) is 4.67. The van der Waals surface area contributed by atoms with E-state index in [0.717, 1.165) is 18.4 Å². The summed E-state index contributed by atoms with van der Waals surface area (Å²) in [6.07, 6.45) is 3.19. The lowest BCUT2D eigenvalue weighted by atomic mass is 10.00. The number of aromatic amines is 1. The van der Waals surface area contributed by atoms with Crippen LogP contribution in [0.1, 0.15) is 16.7 Å². The third-order valence-corrected chi connectivity index (χ3v) is 5.69. The smallest absolute Gasteiger partial charge is 0.155 e. The summed E-state index contributed by atoms with van der Waals surface area (Å²) in [5.74, 6) is -0.411. The molecule has 1 aromatic heterocycles. The van der Waals surface area contributed by atoms with E-state index in [1.807, 2.05) is 24.3 Å². The van der Waals surface area contributed by atoms with E-state index in [1.54, 1.807) is 12.1 Å². The Balaban J connectivity index is 1.35. The summed E-state index contributed by atoms with van der Waals surface area (Å²) in [6.45, 7) is 0.153. The normalized spacial score (nSPS) is 13.5. The van der Waals surface area contributed by atoms with Crippen LogP contribution in [-0.4, -0.2) is 21.2 Å². The van der Waals surface area contributed by atoms with Crippen LogP contribution >= 0.6 is 0 Å². The van der Waals surface area contributed by atoms with Crippen LogP contribution < -0.4 is 5.32 Å². The summed E-state index contributed by atoms with van der Waals surface area (Å²) in [6, 6.07) is 18.6. The highest BCUT2D eigenvalue weighted by atomic mass is 19.1. The molecule has 0 bridgehead atoms. The lowest BCUT2D eigenvalue weighted by Gasteiger charge is -2.15. The molecular formula is C24H20F2N4. The molecule has 6 heteroatoms. The number of nitrogens with zero attached hydrogens (tertiary/aromatic N) is 2. The molecule has 3 aromatic carbocycles. The third-order valence-electron chi connectivity index (χ3n) is 5.69. The van der Waals surface area contributed by atoms with Crippen molar-refractivity contribution in [2.24, 2.45) is 0 Å². The molecular weight excluding hydrogens is 382 g/mol. The zero-order valence-corrected chi connectivity index (χ0v) is 16.2. The van der Waals surface area contributed by atoms with Gasteiger partial charge in [-0.2, -0.15) is 5.10 Å². The van der Waals surface area contributed by atoms with E-state index in [0.29, 0.717) is 17.0 Å². The van der Waals surface area contributed by atoms with Crippen LogP contribution in [0.15, 0.2) is 67.0 Å². The minimum absolute atomic E-state index is 0.0720. The number of hydrogen-bond donors (Lipinski definition) is 2. The van der Waals surface area contributed by atoms with Gasteiger partial charge in [-0.3, -0.25) is 5.10 Å². The van der Waals surface area contributed by atoms with Gasteiger partial charge in [0, 0.05) is 29.3 Å². The molecule has 0 fully saturated rings. The molecule has 0 saturated heterocycles. The monoisotopic (exact) mass is 402 g/mol. The molecule has 0 aliphatic heterocycles. The molecule has 0 radical (unpaired) electrons. The van der Waals surface area contributed by atoms with E-state index in [4.69, 9.17) is 0 Å². The van der Waals surface area contributed by atoms with Crippen LogP contribution in [0.2, 0.25) is 0 Å². The number of hydrogen-bond acceptors (Lipinski definition) is 3. The van der Waals surface area contributed by atoms with Gasteiger partial charge >= 0.3 is 0 Å². The Morgan fingerprint density at radius 2 is 1.60 bits per heavy atom. The second-order valence-corrected chi connectivity index (χ2v) is 7.55. The van der Waals surface area contributed by atoms with Crippen molar-refractivity contribution in [3.63, 3.8) is 0 Å². The zero-order chi connectivity index (χ0) is 20.5. The average molecular weight is 402 g/mol. The molecule has 1 heterocycles. The molecule has 0 unspecified atom stereocenters. The van der Waals surface area contributed by atoms with Crippen molar-refractivity contribution >= 4 is 0 Å². The Hall–Kier alpha value is -3.38. The van der Waals surface area contributed by atoms with Gasteiger partial charge in [0.15, 0.2) is 5.82 Å². The fraction of sp³-hybridized carbons (Fsp3) is 0.167. The first-order chi connectivity index (χ1) is 14.7. The Kier molecular flexibility index (Phi) is 4.85. The summed E-state index contributed by atoms with van der Waals surface area (Å²) in [4.78, 5) is 4.11. The Morgan fingerprint density at radius 3 is 2.27 bits per heavy atom. The fourth-order valence-electron chi connectivity index (χ4n) is 4.08. The number of halogens is 2. The molecule has 1 aliphatic rings. The lowest BCUT2D eigenvalue weighted by molar-refractivity contribution is 0.492. The Bertz CT molecular complexity index is 1150. The molecule has 1 aliphatic carbocycles. The first-order valence-electron chi connectivity index (χ1n) is 9.92. The van der Waals surface area contributed by atoms with Gasteiger partial charge in [0.2, 0.25) is 0 Å². The molecule has 30 heavy (non-hydrogen) atoms. The molecule has 4 aromatic rings. The molecule has 2 N–H and O–H groups in total. The van der Waals surface area contributed by atoms with Gasteiger partial charge in [-0.25, -0.2) is 13.8 Å². The summed E-state index contributed by atoms with van der Waals surface area (Å²) in [5.41, 5.74) is 4.59. The fourth-order valence-corrected chi connectivity index (χ4v) is 4.08. The standard InChI is InChI=1S/C24H20F2N4/c25-22-10-9-20(15-5-7-16(8-6-15)24-28-14-29-30-24)23(26)21(22)13-27-19-11-17-3-1-2-4-18(17)12-19/h1-10,14,19,27H,11-13H2,(H,28,29,30). The van der Waals surface area contributed by atoms with Crippen molar-refractivity contribution in [3.8, 4) is 22.5 Å². The summed E-state index contributed by atoms with van der Waals surface area (Å²) in [5, 5.41) is 9.97. The largest absolute Gasteiger partial charge is 0.309 e. The highest BCUT2D eigenvalue weighted by molar-refractivity contribution is 5.68. The van der Waals surface area contributed by atoms with Gasteiger partial charge in [0.25, 0.3) is 0 Å². The Labute approximate surface area is 173 Å². The van der Waals surface area contributed by atoms with Crippen LogP contribution in [0.4, 0.5) is 8.78 Å². The van der Waals surface area contributed by atoms with Crippen LogP contribution in [0.25, 0.3) is 22.5 Å². The maximum Gasteiger partial charge on any atom is 0.155 e. The van der Waals surface area contributed by atoms with Crippen LogP contribution in [0, 0.1) is 11.6 Å². The van der Waals surface area contributed by atoms with Crippen molar-refractivity contribution < 1.29 is 8.78 Å². The average Bonchev–Trinajstić information content (AvgIpc) is 3.44. The number of rotatable bonds is 5. The second-order valence-electron chi connectivity index (χ2n) is 7.55. The molecule has 150 valence electrons. The maximum atomic E-state index is 15.2. The van der Waals surface area contributed by atoms with Crippen molar-refractivity contribution in [2.75, 3.05) is 0 Å². The van der Waals surface area contributed by atoms with Gasteiger partial charge in [-0.1, -0.05) is 48.5 Å². The minimum atomic E-state index is -0.530. The highest BCUT2D eigenvalue weighted by Gasteiger charge is 2.22. The van der Waals surface area contributed by atoms with E-state index >= 15 is 4.39 Å². The zero-order valence-electron chi connectivity index (χ0n) is 16.2. The van der Waals surface area contributed by atoms with Gasteiger partial charge < -0.3 is 5.32 Å². The quantitative estimate of drug-likeness (QED) is 0.510. The number of aromatic nitrogens is 3. The predicted molar refractivity (Wildman–Crippen MR) is 112 cm³/mol. The van der Waals surface area contributed by atoms with Gasteiger partial charge in [-0.15, -0.1) is 0 Å². The molecule has 0 spiro atoms. The number of H-pyrrole nitrogens is 1. The van der Waals surface area contributed by atoms with Crippen molar-refractivity contribution in [1.82, 2.24) is 20.5 Å². The summed E-state index contributed by atoms with van der Waals surface area (Å²) < 4.78 is 29.7. The van der Waals surface area contributed by atoms with Crippen molar-refractivity contribution in [2.45, 2.75) is 25.4 Å². The van der Waals surface area contributed by atoms with Crippen molar-refractivity contribution in [1.29, 1.82) is 0 Å². The van der Waals surface area contributed by atoms with E-state index < -0.39 is 11.6 Å². The molecule has 0 saturated carbocycles. The number of nitrogens with one attached hydrogen (secondary N) is 2. The first-order valence-corrected chi connectivity index (χ1v) is 9.92. The van der Waals surface area contributed by atoms with Gasteiger partial charge in [-0.05, 0) is 41.7 Å². The van der Waals surface area contributed by atoms with Crippen molar-refractivity contribution in [3.05, 3.63) is 95.3 Å². The molecule has 0 atom stereocenters. The van der Waals surface area contributed by atoms with E-state index in [2.05, 4.69) is 32.6 Å². The Morgan fingerprint density at radius 1 is 0.900 bits per heavy atom. The third kappa shape index (κ3) is 3.50. The molecule has 4 nitrogen and oxygen atoms in total. The summed E-state index contributed by atoms with van der Waals surface area (Å²) >= 11 is 0. The van der Waals surface area contributed by atoms with E-state index in [9.17, 15) is 4.39 Å². The van der Waals surface area contributed by atoms with Crippen LogP contribution in [0.5, 0.6) is 0 Å². The summed E-state index contributed by atoms with van der Waals surface area (Å²) in [7, 11) is 0. The van der Waals surface area contributed by atoms with E-state index in [1.165, 1.54) is 29.6 Å². The van der Waals surface area contributed by atoms with Crippen LogP contribution in [0.3, 0.4) is 0 Å². The van der Waals surface area contributed by atoms with Crippen LogP contribution in [-0.2, 0) is 19.4 Å². The first kappa shape index (κ1) is 18.6.